The number of carboxylic acid groups (broad SMARTS) is 1. The minimum Gasteiger partial charge on any atom is -0.504 e. The number of unbranched alkanes of at least 4 members (excludes halogenated alkanes) is 1. The maximum atomic E-state index is 11.1. The Hall–Kier alpha value is -1.71. The van der Waals surface area contributed by atoms with Crippen molar-refractivity contribution in [3.05, 3.63) is 22.8 Å². The minimum atomic E-state index is -1.20. The molecule has 4 heteroatoms. The summed E-state index contributed by atoms with van der Waals surface area (Å²) in [6.45, 7) is 3.89. The molecule has 1 aromatic carbocycles. The van der Waals surface area contributed by atoms with Gasteiger partial charge in [0.1, 0.15) is 5.56 Å². The second-order valence-corrected chi connectivity index (χ2v) is 4.02. The molecule has 0 heterocycles. The predicted octanol–water partition coefficient (Wildman–Crippen LogP) is 2.70. The third kappa shape index (κ3) is 2.70. The number of phenolic OH excluding ortho intramolecular Hbond substituents is 1. The molecule has 0 saturated heterocycles. The van der Waals surface area contributed by atoms with Crippen LogP contribution in [0.25, 0.3) is 0 Å². The lowest BCUT2D eigenvalue weighted by atomic mass is 9.94. The standard InChI is InChI=1S/C13H18O4/c1-3-5-6-8-7-10(14)12(15)11(13(16)17)9(8)4-2/h7,14-15H,3-6H2,1-2H3,(H,16,17). The van der Waals surface area contributed by atoms with Gasteiger partial charge in [-0.05, 0) is 36.5 Å². The summed E-state index contributed by atoms with van der Waals surface area (Å²) >= 11 is 0. The molecule has 0 aliphatic rings. The molecule has 1 rings (SSSR count). The Morgan fingerprint density at radius 1 is 1.29 bits per heavy atom. The van der Waals surface area contributed by atoms with Gasteiger partial charge < -0.3 is 15.3 Å². The van der Waals surface area contributed by atoms with Gasteiger partial charge in [0.15, 0.2) is 11.5 Å². The monoisotopic (exact) mass is 238 g/mol. The van der Waals surface area contributed by atoms with Crippen LogP contribution in [0.1, 0.15) is 48.2 Å². The maximum absolute atomic E-state index is 11.1. The second-order valence-electron chi connectivity index (χ2n) is 4.02. The largest absolute Gasteiger partial charge is 0.504 e. The number of benzene rings is 1. The van der Waals surface area contributed by atoms with E-state index in [2.05, 4.69) is 0 Å². The SMILES string of the molecule is CCCCc1cc(O)c(O)c(C(=O)O)c1CC. The molecular formula is C13H18O4. The van der Waals surface area contributed by atoms with Crippen molar-refractivity contribution >= 4 is 5.97 Å². The van der Waals surface area contributed by atoms with Crippen molar-refractivity contribution in [1.29, 1.82) is 0 Å². The summed E-state index contributed by atoms with van der Waals surface area (Å²) in [5.74, 6) is -2.09. The number of rotatable bonds is 5. The Bertz CT molecular complexity index is 424. The van der Waals surface area contributed by atoms with E-state index >= 15 is 0 Å². The molecule has 0 bridgehead atoms. The highest BCUT2D eigenvalue weighted by Gasteiger charge is 2.21. The summed E-state index contributed by atoms with van der Waals surface area (Å²) in [5, 5.41) is 28.2. The van der Waals surface area contributed by atoms with Crippen molar-refractivity contribution in [3.8, 4) is 11.5 Å². The molecule has 0 aromatic heterocycles. The number of carboxylic acids is 1. The molecule has 0 fully saturated rings. The van der Waals surface area contributed by atoms with Crippen LogP contribution in [0.5, 0.6) is 11.5 Å². The van der Waals surface area contributed by atoms with Gasteiger partial charge in [-0.2, -0.15) is 0 Å². The van der Waals surface area contributed by atoms with Gasteiger partial charge >= 0.3 is 5.97 Å². The Kier molecular flexibility index (Phi) is 4.37. The average molecular weight is 238 g/mol. The van der Waals surface area contributed by atoms with Crippen LogP contribution in [0.2, 0.25) is 0 Å². The lowest BCUT2D eigenvalue weighted by Crippen LogP contribution is -2.06. The van der Waals surface area contributed by atoms with Crippen molar-refractivity contribution in [2.24, 2.45) is 0 Å². The van der Waals surface area contributed by atoms with Crippen LogP contribution < -0.4 is 0 Å². The summed E-state index contributed by atoms with van der Waals surface area (Å²) in [5.41, 5.74) is 1.25. The molecule has 0 saturated carbocycles. The summed E-state index contributed by atoms with van der Waals surface area (Å²) in [7, 11) is 0. The third-order valence-electron chi connectivity index (χ3n) is 2.85. The quantitative estimate of drug-likeness (QED) is 0.689. The van der Waals surface area contributed by atoms with Crippen LogP contribution in [0.15, 0.2) is 6.07 Å². The Labute approximate surface area is 101 Å². The van der Waals surface area contributed by atoms with Gasteiger partial charge in [0.2, 0.25) is 0 Å². The topological polar surface area (TPSA) is 77.8 Å². The predicted molar refractivity (Wildman–Crippen MR) is 64.7 cm³/mol. The van der Waals surface area contributed by atoms with Gasteiger partial charge in [-0.25, -0.2) is 4.79 Å². The van der Waals surface area contributed by atoms with Crippen molar-refractivity contribution in [2.45, 2.75) is 39.5 Å². The van der Waals surface area contributed by atoms with Gasteiger partial charge in [0, 0.05) is 0 Å². The molecule has 94 valence electrons. The van der Waals surface area contributed by atoms with Crippen LogP contribution >= 0.6 is 0 Å². The number of aryl methyl sites for hydroxylation is 1. The Morgan fingerprint density at radius 3 is 2.41 bits per heavy atom. The number of aromatic carboxylic acids is 1. The number of hydrogen-bond donors (Lipinski definition) is 3. The van der Waals surface area contributed by atoms with E-state index in [0.717, 1.165) is 18.4 Å². The van der Waals surface area contributed by atoms with Crippen molar-refractivity contribution in [2.75, 3.05) is 0 Å². The zero-order valence-electron chi connectivity index (χ0n) is 10.2. The van der Waals surface area contributed by atoms with E-state index in [4.69, 9.17) is 5.11 Å². The highest BCUT2D eigenvalue weighted by molar-refractivity contribution is 5.94. The number of phenols is 2. The summed E-state index contributed by atoms with van der Waals surface area (Å²) in [6, 6.07) is 1.47. The van der Waals surface area contributed by atoms with E-state index in [1.165, 1.54) is 6.07 Å². The first-order chi connectivity index (χ1) is 8.02. The van der Waals surface area contributed by atoms with Crippen LogP contribution in [0, 0.1) is 0 Å². The molecule has 0 radical (unpaired) electrons. The zero-order chi connectivity index (χ0) is 13.0. The Morgan fingerprint density at radius 2 is 1.94 bits per heavy atom. The Balaban J connectivity index is 3.35. The van der Waals surface area contributed by atoms with Crippen molar-refractivity contribution < 1.29 is 20.1 Å². The highest BCUT2D eigenvalue weighted by atomic mass is 16.4. The van der Waals surface area contributed by atoms with E-state index in [0.29, 0.717) is 18.4 Å². The second kappa shape index (κ2) is 5.57. The van der Waals surface area contributed by atoms with Gasteiger partial charge in [-0.15, -0.1) is 0 Å². The first-order valence-corrected chi connectivity index (χ1v) is 5.82. The molecule has 0 aliphatic carbocycles. The summed E-state index contributed by atoms with van der Waals surface area (Å²) < 4.78 is 0. The average Bonchev–Trinajstić information content (AvgIpc) is 2.29. The van der Waals surface area contributed by atoms with E-state index in [1.54, 1.807) is 0 Å². The zero-order valence-corrected chi connectivity index (χ0v) is 10.2. The fraction of sp³-hybridized carbons (Fsp3) is 0.462. The highest BCUT2D eigenvalue weighted by Crippen LogP contribution is 2.35. The minimum absolute atomic E-state index is 0.168. The summed E-state index contributed by atoms with van der Waals surface area (Å²) in [6.07, 6.45) is 3.16. The molecular weight excluding hydrogens is 220 g/mol. The molecule has 0 atom stereocenters. The van der Waals surface area contributed by atoms with Crippen molar-refractivity contribution in [1.82, 2.24) is 0 Å². The normalized spacial score (nSPS) is 10.5. The summed E-state index contributed by atoms with van der Waals surface area (Å²) in [4.78, 5) is 11.1. The van der Waals surface area contributed by atoms with Crippen LogP contribution in [0.4, 0.5) is 0 Å². The molecule has 0 aliphatic heterocycles. The van der Waals surface area contributed by atoms with E-state index in [1.807, 2.05) is 13.8 Å². The van der Waals surface area contributed by atoms with E-state index in [9.17, 15) is 15.0 Å². The molecule has 4 nitrogen and oxygen atoms in total. The van der Waals surface area contributed by atoms with Crippen LogP contribution in [-0.4, -0.2) is 21.3 Å². The van der Waals surface area contributed by atoms with Gasteiger partial charge in [-0.1, -0.05) is 20.3 Å². The van der Waals surface area contributed by atoms with Crippen LogP contribution in [0.3, 0.4) is 0 Å². The van der Waals surface area contributed by atoms with Gasteiger partial charge in [-0.3, -0.25) is 0 Å². The van der Waals surface area contributed by atoms with Crippen molar-refractivity contribution in [3.63, 3.8) is 0 Å². The molecule has 3 N–H and O–H groups in total. The fourth-order valence-electron chi connectivity index (χ4n) is 1.98. The van der Waals surface area contributed by atoms with E-state index < -0.39 is 11.7 Å². The van der Waals surface area contributed by atoms with Crippen LogP contribution in [-0.2, 0) is 12.8 Å². The number of hydrogen-bond acceptors (Lipinski definition) is 3. The number of carbonyl (C=O) groups is 1. The van der Waals surface area contributed by atoms with Gasteiger partial charge in [0.05, 0.1) is 0 Å². The molecule has 0 unspecified atom stereocenters. The molecule has 17 heavy (non-hydrogen) atoms. The third-order valence-corrected chi connectivity index (χ3v) is 2.85. The van der Waals surface area contributed by atoms with Gasteiger partial charge in [0.25, 0.3) is 0 Å². The molecule has 1 aromatic rings. The lowest BCUT2D eigenvalue weighted by molar-refractivity contribution is 0.0691. The smallest absolute Gasteiger partial charge is 0.339 e. The van der Waals surface area contributed by atoms with E-state index in [-0.39, 0.29) is 11.3 Å². The maximum Gasteiger partial charge on any atom is 0.339 e. The number of aromatic hydroxyl groups is 2. The first kappa shape index (κ1) is 13.4. The molecule has 0 amide bonds. The molecule has 0 spiro atoms. The first-order valence-electron chi connectivity index (χ1n) is 5.82. The lowest BCUT2D eigenvalue weighted by Gasteiger charge is -2.13. The fourth-order valence-corrected chi connectivity index (χ4v) is 1.98.